The molecule has 2 amide bonds. The summed E-state index contributed by atoms with van der Waals surface area (Å²) in [6.07, 6.45) is 6.16. The van der Waals surface area contributed by atoms with Crippen molar-refractivity contribution >= 4 is 11.7 Å². The van der Waals surface area contributed by atoms with Crippen LogP contribution in [0.3, 0.4) is 0 Å². The van der Waals surface area contributed by atoms with E-state index in [9.17, 15) is 4.79 Å². The van der Waals surface area contributed by atoms with E-state index in [2.05, 4.69) is 20.8 Å². The van der Waals surface area contributed by atoms with E-state index in [1.54, 1.807) is 16.6 Å². The van der Waals surface area contributed by atoms with Crippen molar-refractivity contribution in [2.45, 2.75) is 31.8 Å². The fourth-order valence-corrected chi connectivity index (χ4v) is 2.73. The molecule has 24 heavy (non-hydrogen) atoms. The normalized spacial score (nSPS) is 17.0. The van der Waals surface area contributed by atoms with Crippen LogP contribution in [0, 0.1) is 0 Å². The summed E-state index contributed by atoms with van der Waals surface area (Å²) in [4.78, 5) is 13.9. The number of hydrogen-bond donors (Lipinski definition) is 1. The summed E-state index contributed by atoms with van der Waals surface area (Å²) in [7, 11) is 1.81. The first-order valence-corrected chi connectivity index (χ1v) is 8.19. The monoisotopic (exact) mass is 330 g/mol. The number of hydrogen-bond acceptors (Lipinski definition) is 5. The lowest BCUT2D eigenvalue weighted by atomic mass is 10.1. The average Bonchev–Trinajstić information content (AvgIpc) is 3.29. The topological polar surface area (TPSA) is 85.2 Å². The minimum Gasteiger partial charge on any atom is -0.378 e. The number of tetrazole rings is 1. The zero-order valence-corrected chi connectivity index (χ0v) is 13.8. The van der Waals surface area contributed by atoms with Crippen molar-refractivity contribution in [2.75, 3.05) is 25.5 Å². The van der Waals surface area contributed by atoms with Gasteiger partial charge >= 0.3 is 6.03 Å². The highest BCUT2D eigenvalue weighted by Crippen LogP contribution is 2.17. The molecular formula is C16H22N6O2. The molecule has 1 aliphatic rings. The zero-order chi connectivity index (χ0) is 16.8. The Labute approximate surface area is 140 Å². The first-order valence-electron chi connectivity index (χ1n) is 8.19. The fraction of sp³-hybridized carbons (Fsp3) is 0.500. The van der Waals surface area contributed by atoms with Crippen LogP contribution in [0.4, 0.5) is 10.5 Å². The average molecular weight is 330 g/mol. The van der Waals surface area contributed by atoms with Crippen LogP contribution in [-0.4, -0.2) is 57.4 Å². The van der Waals surface area contributed by atoms with Crippen LogP contribution >= 0.6 is 0 Å². The number of anilines is 1. The lowest BCUT2D eigenvalue weighted by Gasteiger charge is -2.19. The third-order valence-electron chi connectivity index (χ3n) is 4.12. The van der Waals surface area contributed by atoms with Crippen molar-refractivity contribution in [3.05, 3.63) is 30.6 Å². The molecule has 2 heterocycles. The summed E-state index contributed by atoms with van der Waals surface area (Å²) >= 11 is 0. The molecule has 1 aromatic carbocycles. The van der Waals surface area contributed by atoms with Crippen LogP contribution in [0.25, 0.3) is 5.69 Å². The lowest BCUT2D eigenvalue weighted by molar-refractivity contribution is 0.101. The SMILES string of the molecule is CN(CCC[C@H]1CCCO1)C(=O)Nc1ccc(-n2cnnn2)cc1. The van der Waals surface area contributed by atoms with E-state index >= 15 is 0 Å². The van der Waals surface area contributed by atoms with Gasteiger partial charge in [-0.1, -0.05) is 0 Å². The predicted octanol–water partition coefficient (Wildman–Crippen LogP) is 2.09. The van der Waals surface area contributed by atoms with Gasteiger partial charge in [0, 0.05) is 25.9 Å². The van der Waals surface area contributed by atoms with Crippen LogP contribution in [0.2, 0.25) is 0 Å². The van der Waals surface area contributed by atoms with Crippen molar-refractivity contribution in [1.29, 1.82) is 0 Å². The van der Waals surface area contributed by atoms with Gasteiger partial charge < -0.3 is 15.0 Å². The van der Waals surface area contributed by atoms with Crippen molar-refractivity contribution < 1.29 is 9.53 Å². The molecular weight excluding hydrogens is 308 g/mol. The van der Waals surface area contributed by atoms with Gasteiger partial charge in [-0.2, -0.15) is 0 Å². The molecule has 1 aromatic heterocycles. The molecule has 0 bridgehead atoms. The highest BCUT2D eigenvalue weighted by molar-refractivity contribution is 5.89. The van der Waals surface area contributed by atoms with Gasteiger partial charge in [0.1, 0.15) is 6.33 Å². The molecule has 1 fully saturated rings. The first-order chi connectivity index (χ1) is 11.7. The summed E-state index contributed by atoms with van der Waals surface area (Å²) in [5.74, 6) is 0. The maximum absolute atomic E-state index is 12.2. The van der Waals surface area contributed by atoms with E-state index in [0.717, 1.165) is 43.7 Å². The van der Waals surface area contributed by atoms with Gasteiger partial charge in [-0.25, -0.2) is 9.48 Å². The predicted molar refractivity (Wildman–Crippen MR) is 89.0 cm³/mol. The Balaban J connectivity index is 1.45. The fourth-order valence-electron chi connectivity index (χ4n) is 2.73. The quantitative estimate of drug-likeness (QED) is 0.876. The van der Waals surface area contributed by atoms with Gasteiger partial charge in [-0.05, 0) is 60.4 Å². The van der Waals surface area contributed by atoms with Crippen LogP contribution < -0.4 is 5.32 Å². The summed E-state index contributed by atoms with van der Waals surface area (Å²) in [5, 5.41) is 13.9. The molecule has 8 heteroatoms. The molecule has 1 aliphatic heterocycles. The first kappa shape index (κ1) is 16.4. The van der Waals surface area contributed by atoms with E-state index in [1.165, 1.54) is 6.33 Å². The van der Waals surface area contributed by atoms with E-state index in [1.807, 2.05) is 24.3 Å². The molecule has 0 radical (unpaired) electrons. The Morgan fingerprint density at radius 3 is 2.92 bits per heavy atom. The number of aromatic nitrogens is 4. The second kappa shape index (κ2) is 7.87. The van der Waals surface area contributed by atoms with Crippen molar-refractivity contribution in [3.8, 4) is 5.69 Å². The number of amides is 2. The summed E-state index contributed by atoms with van der Waals surface area (Å²) in [6, 6.07) is 7.24. The Kier molecular flexibility index (Phi) is 5.37. The number of carbonyl (C=O) groups is 1. The third kappa shape index (κ3) is 4.29. The second-order valence-corrected chi connectivity index (χ2v) is 5.93. The van der Waals surface area contributed by atoms with Gasteiger partial charge in [0.25, 0.3) is 0 Å². The molecule has 1 N–H and O–H groups in total. The van der Waals surface area contributed by atoms with E-state index < -0.39 is 0 Å². The molecule has 0 unspecified atom stereocenters. The maximum atomic E-state index is 12.2. The van der Waals surface area contributed by atoms with Crippen LogP contribution in [0.5, 0.6) is 0 Å². The number of nitrogens with one attached hydrogen (secondary N) is 1. The Morgan fingerprint density at radius 1 is 1.42 bits per heavy atom. The third-order valence-corrected chi connectivity index (χ3v) is 4.12. The van der Waals surface area contributed by atoms with Gasteiger partial charge in [0.15, 0.2) is 0 Å². The number of urea groups is 1. The number of carbonyl (C=O) groups excluding carboxylic acids is 1. The van der Waals surface area contributed by atoms with E-state index in [0.29, 0.717) is 12.6 Å². The van der Waals surface area contributed by atoms with Gasteiger partial charge in [0.2, 0.25) is 0 Å². The summed E-state index contributed by atoms with van der Waals surface area (Å²) < 4.78 is 7.16. The molecule has 3 rings (SSSR count). The van der Waals surface area contributed by atoms with Crippen LogP contribution in [0.15, 0.2) is 30.6 Å². The largest absolute Gasteiger partial charge is 0.378 e. The van der Waals surface area contributed by atoms with Crippen molar-refractivity contribution in [3.63, 3.8) is 0 Å². The standard InChI is InChI=1S/C16H22N6O2/c1-21(10-2-4-15-5-3-11-24-15)16(23)18-13-6-8-14(9-7-13)22-12-17-19-20-22/h6-9,12,15H,2-5,10-11H2,1H3,(H,18,23)/t15-/m0/s1. The van der Waals surface area contributed by atoms with Gasteiger partial charge in [-0.3, -0.25) is 0 Å². The highest BCUT2D eigenvalue weighted by Gasteiger charge is 2.16. The smallest absolute Gasteiger partial charge is 0.321 e. The molecule has 1 saturated heterocycles. The molecule has 0 aliphatic carbocycles. The summed E-state index contributed by atoms with van der Waals surface area (Å²) in [5.41, 5.74) is 1.57. The van der Waals surface area contributed by atoms with Crippen molar-refractivity contribution in [2.24, 2.45) is 0 Å². The second-order valence-electron chi connectivity index (χ2n) is 5.93. The molecule has 2 aromatic rings. The lowest BCUT2D eigenvalue weighted by Crippen LogP contribution is -2.32. The minimum absolute atomic E-state index is 0.113. The molecule has 0 saturated carbocycles. The van der Waals surface area contributed by atoms with E-state index in [4.69, 9.17) is 4.74 Å². The number of benzene rings is 1. The number of rotatable bonds is 6. The van der Waals surface area contributed by atoms with Gasteiger partial charge in [0.05, 0.1) is 11.8 Å². The van der Waals surface area contributed by atoms with Gasteiger partial charge in [-0.15, -0.1) is 5.10 Å². The zero-order valence-electron chi connectivity index (χ0n) is 13.8. The van der Waals surface area contributed by atoms with E-state index in [-0.39, 0.29) is 6.03 Å². The number of ether oxygens (including phenoxy) is 1. The molecule has 8 nitrogen and oxygen atoms in total. The molecule has 1 atom stereocenters. The van der Waals surface area contributed by atoms with Crippen LogP contribution in [0.1, 0.15) is 25.7 Å². The Hall–Kier alpha value is -2.48. The van der Waals surface area contributed by atoms with Crippen molar-refractivity contribution in [1.82, 2.24) is 25.1 Å². The molecule has 128 valence electrons. The maximum Gasteiger partial charge on any atom is 0.321 e. The minimum atomic E-state index is -0.113. The van der Waals surface area contributed by atoms with Crippen LogP contribution in [-0.2, 0) is 4.74 Å². The summed E-state index contributed by atoms with van der Waals surface area (Å²) in [6.45, 7) is 1.59. The Morgan fingerprint density at radius 2 is 2.25 bits per heavy atom. The molecule has 0 spiro atoms. The Bertz CT molecular complexity index is 637. The number of nitrogens with zero attached hydrogens (tertiary/aromatic N) is 5. The highest BCUT2D eigenvalue weighted by atomic mass is 16.5.